The minimum absolute atomic E-state index is 0.0309. The van der Waals surface area contributed by atoms with Crippen LogP contribution in [0.1, 0.15) is 62.1 Å². The van der Waals surface area contributed by atoms with Crippen molar-refractivity contribution in [3.05, 3.63) is 47.0 Å². The smallest absolute Gasteiger partial charge is 0.322 e. The predicted molar refractivity (Wildman–Crippen MR) is 132 cm³/mol. The molecule has 0 spiro atoms. The van der Waals surface area contributed by atoms with Gasteiger partial charge in [0.05, 0.1) is 11.3 Å². The van der Waals surface area contributed by atoms with Crippen molar-refractivity contribution in [1.82, 2.24) is 19.7 Å². The molecular weight excluding hydrogens is 428 g/mol. The molecule has 2 aromatic carbocycles. The average molecular weight is 463 g/mol. The molecule has 34 heavy (non-hydrogen) atoms. The van der Waals surface area contributed by atoms with Crippen molar-refractivity contribution < 1.29 is 14.9 Å². The molecule has 0 amide bonds. The highest BCUT2D eigenvalue weighted by atomic mass is 16.5. The first-order valence-electron chi connectivity index (χ1n) is 12.5. The zero-order valence-corrected chi connectivity index (χ0v) is 20.1. The van der Waals surface area contributed by atoms with Crippen LogP contribution in [-0.4, -0.2) is 56.1 Å². The highest BCUT2D eigenvalue weighted by Gasteiger charge is 2.23. The molecule has 1 aromatic heterocycles. The quantitative estimate of drug-likeness (QED) is 0.524. The second-order valence-electron chi connectivity index (χ2n) is 9.78. The number of hydrogen-bond acceptors (Lipinski definition) is 6. The number of piperidine rings is 1. The molecule has 7 heteroatoms. The zero-order valence-electron chi connectivity index (χ0n) is 20.1. The molecule has 0 radical (unpaired) electrons. The molecule has 5 rings (SSSR count). The molecule has 7 nitrogen and oxygen atoms in total. The van der Waals surface area contributed by atoms with Gasteiger partial charge < -0.3 is 14.9 Å². The maximum atomic E-state index is 10.7. The van der Waals surface area contributed by atoms with Gasteiger partial charge in [0.15, 0.2) is 5.82 Å². The van der Waals surface area contributed by atoms with E-state index >= 15 is 0 Å². The van der Waals surface area contributed by atoms with Crippen molar-refractivity contribution in [3.63, 3.8) is 0 Å². The molecular formula is C27H34N4O3. The average Bonchev–Trinajstić information content (AvgIpc) is 3.46. The number of phenols is 2. The first kappa shape index (κ1) is 22.7. The van der Waals surface area contributed by atoms with E-state index in [1.54, 1.807) is 6.07 Å². The lowest BCUT2D eigenvalue weighted by molar-refractivity contribution is 0.176. The number of ether oxygens (including phenoxy) is 1. The van der Waals surface area contributed by atoms with Crippen LogP contribution in [0.3, 0.4) is 0 Å². The van der Waals surface area contributed by atoms with E-state index in [2.05, 4.69) is 33.3 Å². The van der Waals surface area contributed by atoms with Crippen molar-refractivity contribution in [2.24, 2.45) is 0 Å². The Balaban J connectivity index is 1.52. The van der Waals surface area contributed by atoms with E-state index < -0.39 is 0 Å². The third kappa shape index (κ3) is 4.49. The Bertz CT molecular complexity index is 1160. The Hall–Kier alpha value is -3.06. The molecule has 2 aliphatic rings. The molecule has 2 N–H and O–H groups in total. The van der Waals surface area contributed by atoms with Gasteiger partial charge in [-0.15, -0.1) is 5.10 Å². The Kier molecular flexibility index (Phi) is 6.46. The van der Waals surface area contributed by atoms with Crippen molar-refractivity contribution in [1.29, 1.82) is 0 Å². The monoisotopic (exact) mass is 462 g/mol. The molecule has 1 fully saturated rings. The summed E-state index contributed by atoms with van der Waals surface area (Å²) in [5, 5.41) is 29.9. The first-order chi connectivity index (χ1) is 16.5. The molecule has 1 aliphatic carbocycles. The summed E-state index contributed by atoms with van der Waals surface area (Å²) < 4.78 is 8.07. The number of aromatic nitrogens is 3. The summed E-state index contributed by atoms with van der Waals surface area (Å²) in [5.41, 5.74) is 4.94. The fourth-order valence-electron chi connectivity index (χ4n) is 5.15. The van der Waals surface area contributed by atoms with Crippen LogP contribution in [0, 0.1) is 0 Å². The Labute approximate surface area is 201 Å². The zero-order chi connectivity index (χ0) is 23.7. The van der Waals surface area contributed by atoms with Crippen molar-refractivity contribution in [2.45, 2.75) is 58.3 Å². The number of fused-ring (bicyclic) bond motifs is 1. The predicted octanol–water partition coefficient (Wildman–Crippen LogP) is 4.82. The fourth-order valence-corrected chi connectivity index (χ4v) is 5.15. The largest absolute Gasteiger partial charge is 0.508 e. The number of aryl methyl sites for hydroxylation is 2. The Morgan fingerprint density at radius 1 is 0.912 bits per heavy atom. The molecule has 180 valence electrons. The minimum atomic E-state index is -0.0309. The lowest BCUT2D eigenvalue weighted by atomic mass is 9.98. The van der Waals surface area contributed by atoms with E-state index in [4.69, 9.17) is 4.74 Å². The van der Waals surface area contributed by atoms with Gasteiger partial charge in [0, 0.05) is 12.6 Å². The second-order valence-corrected chi connectivity index (χ2v) is 9.78. The number of hydrogen-bond donors (Lipinski definition) is 2. The van der Waals surface area contributed by atoms with Gasteiger partial charge in [0.2, 0.25) is 0 Å². The summed E-state index contributed by atoms with van der Waals surface area (Å²) in [6.07, 6.45) is 7.14. The number of rotatable bonds is 7. The van der Waals surface area contributed by atoms with E-state index in [0.717, 1.165) is 43.7 Å². The molecule has 0 unspecified atom stereocenters. The highest BCUT2D eigenvalue weighted by Crippen LogP contribution is 2.39. The van der Waals surface area contributed by atoms with Crippen molar-refractivity contribution >= 4 is 0 Å². The van der Waals surface area contributed by atoms with E-state index in [1.165, 1.54) is 42.9 Å². The number of nitrogens with zero attached hydrogens (tertiary/aromatic N) is 4. The topological polar surface area (TPSA) is 83.6 Å². The third-order valence-corrected chi connectivity index (χ3v) is 7.07. The van der Waals surface area contributed by atoms with Crippen LogP contribution >= 0.6 is 0 Å². The number of benzene rings is 2. The van der Waals surface area contributed by atoms with E-state index in [9.17, 15) is 10.2 Å². The summed E-state index contributed by atoms with van der Waals surface area (Å²) in [6, 6.07) is 10.1. The summed E-state index contributed by atoms with van der Waals surface area (Å²) in [6.45, 7) is 7.64. The van der Waals surface area contributed by atoms with Crippen LogP contribution in [0.4, 0.5) is 0 Å². The minimum Gasteiger partial charge on any atom is -0.508 e. The fraction of sp³-hybridized carbons (Fsp3) is 0.481. The maximum absolute atomic E-state index is 10.7. The highest BCUT2D eigenvalue weighted by molar-refractivity contribution is 5.70. The summed E-state index contributed by atoms with van der Waals surface area (Å²) >= 11 is 0. The van der Waals surface area contributed by atoms with Gasteiger partial charge in [-0.25, -0.2) is 4.57 Å². The normalized spacial score (nSPS) is 16.2. The van der Waals surface area contributed by atoms with Gasteiger partial charge in [-0.2, -0.15) is 0 Å². The second kappa shape index (κ2) is 9.66. The maximum Gasteiger partial charge on any atom is 0.322 e. The van der Waals surface area contributed by atoms with Gasteiger partial charge in [0.25, 0.3) is 0 Å². The molecule has 2 heterocycles. The molecule has 1 saturated heterocycles. The molecule has 3 aromatic rings. The van der Waals surface area contributed by atoms with E-state index in [0.29, 0.717) is 24.0 Å². The van der Waals surface area contributed by atoms with Gasteiger partial charge >= 0.3 is 6.01 Å². The Morgan fingerprint density at radius 3 is 2.50 bits per heavy atom. The van der Waals surface area contributed by atoms with Crippen LogP contribution in [0.5, 0.6) is 17.5 Å². The first-order valence-corrected chi connectivity index (χ1v) is 12.5. The van der Waals surface area contributed by atoms with Crippen LogP contribution < -0.4 is 4.74 Å². The Morgan fingerprint density at radius 2 is 1.71 bits per heavy atom. The number of aromatic hydroxyl groups is 2. The van der Waals surface area contributed by atoms with Crippen LogP contribution in [0.15, 0.2) is 30.3 Å². The van der Waals surface area contributed by atoms with Crippen LogP contribution in [-0.2, 0) is 12.8 Å². The van der Waals surface area contributed by atoms with Gasteiger partial charge in [-0.1, -0.05) is 31.4 Å². The summed E-state index contributed by atoms with van der Waals surface area (Å²) in [4.78, 5) is 2.43. The molecule has 1 aliphatic heterocycles. The lowest BCUT2D eigenvalue weighted by Gasteiger charge is -2.26. The SMILES string of the molecule is CC(C)c1cc(-c2nnc(OCCN3CCCCC3)n2-c2ccc3c(c2)CCC3)c(O)cc1O. The van der Waals surface area contributed by atoms with Crippen molar-refractivity contribution in [3.8, 4) is 34.6 Å². The number of likely N-dealkylation sites (tertiary alicyclic amines) is 1. The van der Waals surface area contributed by atoms with Crippen molar-refractivity contribution in [2.75, 3.05) is 26.2 Å². The van der Waals surface area contributed by atoms with Gasteiger partial charge in [0.1, 0.15) is 18.1 Å². The molecule has 0 atom stereocenters. The van der Waals surface area contributed by atoms with Crippen LogP contribution in [0.25, 0.3) is 17.1 Å². The van der Waals surface area contributed by atoms with E-state index in [1.807, 2.05) is 18.4 Å². The molecule has 0 bridgehead atoms. The number of phenolic OH excluding ortho intramolecular Hbond substituents is 2. The van der Waals surface area contributed by atoms with Crippen LogP contribution in [0.2, 0.25) is 0 Å². The van der Waals surface area contributed by atoms with Gasteiger partial charge in [-0.3, -0.25) is 4.90 Å². The summed E-state index contributed by atoms with van der Waals surface area (Å²) in [7, 11) is 0. The molecule has 0 saturated carbocycles. The third-order valence-electron chi connectivity index (χ3n) is 7.07. The standard InChI is InChI=1S/C27H34N4O3/c1-18(2)22-16-23(25(33)17-24(22)32)26-28-29-27(34-14-13-30-11-4-3-5-12-30)31(26)21-10-9-19-7-6-8-20(19)15-21/h9-10,15-18,32-33H,3-8,11-14H2,1-2H3. The van der Waals surface area contributed by atoms with Gasteiger partial charge in [-0.05, 0) is 86.0 Å². The summed E-state index contributed by atoms with van der Waals surface area (Å²) in [5.74, 6) is 0.649. The lowest BCUT2D eigenvalue weighted by Crippen LogP contribution is -2.33. The van der Waals surface area contributed by atoms with E-state index in [-0.39, 0.29) is 17.4 Å².